The fourth-order valence-corrected chi connectivity index (χ4v) is 2.39. The van der Waals surface area contributed by atoms with Crippen LogP contribution in [0.4, 0.5) is 5.69 Å². The standard InChI is InChI=1S/C16H18N2O2/c17-14-8-12-4-2-1-3-11(12)7-13(14)16(20)18-9-15(19)10-5-6-10/h1-4,7-8,10,15,19H,5-6,9,17H2,(H,18,20). The number of fused-ring (bicyclic) bond motifs is 1. The smallest absolute Gasteiger partial charge is 0.253 e. The zero-order chi connectivity index (χ0) is 14.1. The van der Waals surface area contributed by atoms with Crippen LogP contribution >= 0.6 is 0 Å². The molecule has 0 heterocycles. The number of rotatable bonds is 4. The number of nitrogens with two attached hydrogens (primary N) is 1. The molecular formula is C16H18N2O2. The van der Waals surface area contributed by atoms with Crippen LogP contribution in [0.15, 0.2) is 36.4 Å². The van der Waals surface area contributed by atoms with Crippen molar-refractivity contribution in [3.63, 3.8) is 0 Å². The fourth-order valence-electron chi connectivity index (χ4n) is 2.39. The summed E-state index contributed by atoms with van der Waals surface area (Å²) in [6.45, 7) is 0.287. The van der Waals surface area contributed by atoms with Crippen LogP contribution in [0.1, 0.15) is 23.2 Å². The van der Waals surface area contributed by atoms with Crippen LogP contribution in [0.25, 0.3) is 10.8 Å². The van der Waals surface area contributed by atoms with Crippen molar-refractivity contribution in [1.82, 2.24) is 5.32 Å². The molecule has 20 heavy (non-hydrogen) atoms. The largest absolute Gasteiger partial charge is 0.398 e. The van der Waals surface area contributed by atoms with Gasteiger partial charge in [0, 0.05) is 12.2 Å². The van der Waals surface area contributed by atoms with Crippen LogP contribution in [-0.4, -0.2) is 23.7 Å². The molecule has 4 nitrogen and oxygen atoms in total. The van der Waals surface area contributed by atoms with Crippen LogP contribution in [0.2, 0.25) is 0 Å². The van der Waals surface area contributed by atoms with E-state index in [9.17, 15) is 9.90 Å². The van der Waals surface area contributed by atoms with Crippen LogP contribution in [-0.2, 0) is 0 Å². The zero-order valence-electron chi connectivity index (χ0n) is 11.2. The lowest BCUT2D eigenvalue weighted by molar-refractivity contribution is 0.0902. The Balaban J connectivity index is 1.77. The SMILES string of the molecule is Nc1cc2ccccc2cc1C(=O)NCC(O)C1CC1. The highest BCUT2D eigenvalue weighted by molar-refractivity contribution is 6.03. The molecule has 2 aromatic rings. The number of carbonyl (C=O) groups excluding carboxylic acids is 1. The highest BCUT2D eigenvalue weighted by Crippen LogP contribution is 2.32. The van der Waals surface area contributed by atoms with Gasteiger partial charge in [-0.1, -0.05) is 24.3 Å². The minimum Gasteiger partial charge on any atom is -0.398 e. The minimum atomic E-state index is -0.444. The average Bonchev–Trinajstić information content (AvgIpc) is 3.28. The summed E-state index contributed by atoms with van der Waals surface area (Å²) in [5.41, 5.74) is 6.87. The molecular weight excluding hydrogens is 252 g/mol. The Labute approximate surface area is 117 Å². The molecule has 0 saturated heterocycles. The lowest BCUT2D eigenvalue weighted by Crippen LogP contribution is -2.33. The van der Waals surface area contributed by atoms with E-state index in [1.54, 1.807) is 6.07 Å². The predicted molar refractivity (Wildman–Crippen MR) is 79.4 cm³/mol. The van der Waals surface area contributed by atoms with E-state index in [2.05, 4.69) is 5.32 Å². The Bertz CT molecular complexity index is 650. The molecule has 2 aromatic carbocycles. The van der Waals surface area contributed by atoms with Gasteiger partial charge in [-0.3, -0.25) is 4.79 Å². The van der Waals surface area contributed by atoms with Gasteiger partial charge in [-0.25, -0.2) is 0 Å². The lowest BCUT2D eigenvalue weighted by atomic mass is 10.0. The summed E-state index contributed by atoms with van der Waals surface area (Å²) in [4.78, 5) is 12.2. The summed E-state index contributed by atoms with van der Waals surface area (Å²) in [7, 11) is 0. The maximum Gasteiger partial charge on any atom is 0.253 e. The fraction of sp³-hybridized carbons (Fsp3) is 0.312. The Morgan fingerprint density at radius 1 is 1.30 bits per heavy atom. The van der Waals surface area contributed by atoms with Gasteiger partial charge in [0.2, 0.25) is 0 Å². The zero-order valence-corrected chi connectivity index (χ0v) is 11.2. The first kappa shape index (κ1) is 12.9. The molecule has 0 radical (unpaired) electrons. The summed E-state index contributed by atoms with van der Waals surface area (Å²) < 4.78 is 0. The molecule has 1 aliphatic rings. The summed E-state index contributed by atoms with van der Waals surface area (Å²) in [5.74, 6) is 0.122. The van der Waals surface area contributed by atoms with Gasteiger partial charge in [0.05, 0.1) is 11.7 Å². The van der Waals surface area contributed by atoms with Crippen molar-refractivity contribution in [2.45, 2.75) is 18.9 Å². The molecule has 1 amide bonds. The third-order valence-corrected chi connectivity index (χ3v) is 3.80. The number of benzene rings is 2. The molecule has 104 valence electrons. The van der Waals surface area contributed by atoms with E-state index < -0.39 is 6.10 Å². The number of aliphatic hydroxyl groups excluding tert-OH is 1. The first-order valence-corrected chi connectivity index (χ1v) is 6.89. The first-order valence-electron chi connectivity index (χ1n) is 6.89. The number of anilines is 1. The van der Waals surface area contributed by atoms with E-state index in [4.69, 9.17) is 5.73 Å². The van der Waals surface area contributed by atoms with Gasteiger partial charge in [-0.2, -0.15) is 0 Å². The number of amides is 1. The van der Waals surface area contributed by atoms with Gasteiger partial charge in [-0.05, 0) is 41.7 Å². The van der Waals surface area contributed by atoms with Crippen LogP contribution in [0.3, 0.4) is 0 Å². The van der Waals surface area contributed by atoms with Gasteiger partial charge in [-0.15, -0.1) is 0 Å². The number of hydrogen-bond donors (Lipinski definition) is 3. The van der Waals surface area contributed by atoms with E-state index in [1.807, 2.05) is 30.3 Å². The van der Waals surface area contributed by atoms with Crippen LogP contribution in [0.5, 0.6) is 0 Å². The molecule has 0 aliphatic heterocycles. The number of nitrogens with one attached hydrogen (secondary N) is 1. The highest BCUT2D eigenvalue weighted by Gasteiger charge is 2.29. The van der Waals surface area contributed by atoms with E-state index in [0.717, 1.165) is 23.6 Å². The molecule has 4 heteroatoms. The number of carbonyl (C=O) groups is 1. The van der Waals surface area contributed by atoms with Crippen molar-refractivity contribution >= 4 is 22.4 Å². The van der Waals surface area contributed by atoms with Gasteiger partial charge in [0.1, 0.15) is 0 Å². The van der Waals surface area contributed by atoms with Crippen molar-refractivity contribution in [2.24, 2.45) is 5.92 Å². The minimum absolute atomic E-state index is 0.229. The topological polar surface area (TPSA) is 75.4 Å². The number of nitrogen functional groups attached to an aromatic ring is 1. The predicted octanol–water partition coefficient (Wildman–Crippen LogP) is 1.92. The molecule has 0 aromatic heterocycles. The molecule has 0 spiro atoms. The molecule has 1 fully saturated rings. The van der Waals surface area contributed by atoms with E-state index in [0.29, 0.717) is 17.2 Å². The van der Waals surface area contributed by atoms with Crippen molar-refractivity contribution in [3.8, 4) is 0 Å². The van der Waals surface area contributed by atoms with Crippen molar-refractivity contribution in [2.75, 3.05) is 12.3 Å². The van der Waals surface area contributed by atoms with Crippen LogP contribution < -0.4 is 11.1 Å². The first-order chi connectivity index (χ1) is 9.65. The lowest BCUT2D eigenvalue weighted by Gasteiger charge is -2.12. The second-order valence-corrected chi connectivity index (χ2v) is 5.40. The van der Waals surface area contributed by atoms with E-state index in [1.165, 1.54) is 0 Å². The molecule has 0 bridgehead atoms. The average molecular weight is 270 g/mol. The highest BCUT2D eigenvalue weighted by atomic mass is 16.3. The quantitative estimate of drug-likeness (QED) is 0.743. The molecule has 1 saturated carbocycles. The Hall–Kier alpha value is -2.07. The number of aliphatic hydroxyl groups is 1. The molecule has 1 atom stereocenters. The monoisotopic (exact) mass is 270 g/mol. The van der Waals surface area contributed by atoms with Crippen molar-refractivity contribution in [3.05, 3.63) is 42.0 Å². The van der Waals surface area contributed by atoms with Crippen molar-refractivity contribution in [1.29, 1.82) is 0 Å². The second-order valence-electron chi connectivity index (χ2n) is 5.40. The van der Waals surface area contributed by atoms with E-state index >= 15 is 0 Å². The van der Waals surface area contributed by atoms with Crippen LogP contribution in [0, 0.1) is 5.92 Å². The molecule has 3 rings (SSSR count). The third kappa shape index (κ3) is 2.60. The van der Waals surface area contributed by atoms with Gasteiger partial charge in [0.25, 0.3) is 5.91 Å². The summed E-state index contributed by atoms with van der Waals surface area (Å²) in [6.07, 6.45) is 1.66. The van der Waals surface area contributed by atoms with E-state index in [-0.39, 0.29) is 12.5 Å². The maximum atomic E-state index is 12.2. The maximum absolute atomic E-state index is 12.2. The normalized spacial score (nSPS) is 16.1. The van der Waals surface area contributed by atoms with Gasteiger partial charge >= 0.3 is 0 Å². The summed E-state index contributed by atoms with van der Waals surface area (Å²) >= 11 is 0. The number of hydrogen-bond acceptors (Lipinski definition) is 3. The van der Waals surface area contributed by atoms with Crippen molar-refractivity contribution < 1.29 is 9.90 Å². The third-order valence-electron chi connectivity index (χ3n) is 3.80. The Morgan fingerprint density at radius 2 is 1.95 bits per heavy atom. The second kappa shape index (κ2) is 5.13. The summed E-state index contributed by atoms with van der Waals surface area (Å²) in [5, 5.41) is 14.5. The van der Waals surface area contributed by atoms with Gasteiger partial charge in [0.15, 0.2) is 0 Å². The molecule has 1 unspecified atom stereocenters. The Kier molecular flexibility index (Phi) is 3.32. The van der Waals surface area contributed by atoms with Gasteiger partial charge < -0.3 is 16.2 Å². The summed E-state index contributed by atoms with van der Waals surface area (Å²) in [6, 6.07) is 11.4. The Morgan fingerprint density at radius 3 is 2.60 bits per heavy atom. The molecule has 1 aliphatic carbocycles. The molecule has 4 N–H and O–H groups in total.